The molecule has 1 aliphatic rings. The molecule has 1 saturated carbocycles. The average Bonchev–Trinajstić information content (AvgIpc) is 1.34. The zero-order valence-corrected chi connectivity index (χ0v) is 81.5. The highest BCUT2D eigenvalue weighted by atomic mass is 79.9. The monoisotopic (exact) mass is 1800 g/mol. The van der Waals surface area contributed by atoms with E-state index in [9.17, 15) is 38.0 Å². The van der Waals surface area contributed by atoms with Crippen LogP contribution in [0, 0.1) is 81.1 Å². The summed E-state index contributed by atoms with van der Waals surface area (Å²) >= 11 is 9.16. The number of nitrogens with zero attached hydrogens (tertiary/aromatic N) is 1. The second kappa shape index (κ2) is 63.6. The number of hydrogen-bond donors (Lipinski definition) is 5. The van der Waals surface area contributed by atoms with Gasteiger partial charge in [0.2, 0.25) is 0 Å². The Morgan fingerprint density at radius 2 is 0.744 bits per heavy atom. The van der Waals surface area contributed by atoms with Crippen LogP contribution < -0.4 is 5.73 Å². The van der Waals surface area contributed by atoms with Crippen molar-refractivity contribution in [2.45, 2.75) is 236 Å². The van der Waals surface area contributed by atoms with E-state index in [-0.39, 0.29) is 29.7 Å². The topological polar surface area (TPSA) is 184 Å². The number of aromatic carboxylic acids is 1. The number of aliphatic hydroxyl groups excluding tert-OH is 1. The number of Topliss-reactive ketones (excluding diaryl/α,β-unsaturated/α-hetero) is 1. The first-order chi connectivity index (χ1) is 58.7. The van der Waals surface area contributed by atoms with Gasteiger partial charge in [-0.3, -0.25) is 14.9 Å². The van der Waals surface area contributed by atoms with Gasteiger partial charge in [-0.2, -0.15) is 13.2 Å². The number of ketones is 1. The van der Waals surface area contributed by atoms with Crippen molar-refractivity contribution in [1.82, 2.24) is 0 Å². The maximum Gasteiger partial charge on any atom is 0.416 e. The summed E-state index contributed by atoms with van der Waals surface area (Å²) < 4.78 is 38.1. The van der Waals surface area contributed by atoms with Crippen molar-refractivity contribution in [3.05, 3.63) is 330 Å². The Morgan fingerprint density at radius 3 is 1.08 bits per heavy atom. The van der Waals surface area contributed by atoms with Crippen molar-refractivity contribution >= 4 is 50.7 Å². The average molecular weight is 1800 g/mol. The number of rotatable bonds is 25. The van der Waals surface area contributed by atoms with Gasteiger partial charge >= 0.3 is 17.8 Å². The number of carboxylic acid groups (broad SMARTS) is 1. The molecular weight excluding hydrogens is 1650 g/mol. The maximum atomic E-state index is 12.3. The van der Waals surface area contributed by atoms with Gasteiger partial charge in [0, 0.05) is 27.2 Å². The zero-order valence-electron chi connectivity index (χ0n) is 79.1. The summed E-state index contributed by atoms with van der Waals surface area (Å²) in [4.78, 5) is 30.6. The third kappa shape index (κ3) is 59.3. The number of alkyl halides is 3. The molecule has 1 fully saturated rings. The minimum absolute atomic E-state index is 0.0231. The van der Waals surface area contributed by atoms with Crippen molar-refractivity contribution in [3.8, 4) is 22.6 Å². The molecule has 0 spiro atoms. The van der Waals surface area contributed by atoms with Crippen LogP contribution in [0.3, 0.4) is 0 Å². The molecule has 125 heavy (non-hydrogen) atoms. The lowest BCUT2D eigenvalue weighted by Crippen LogP contribution is -2.10. The Kier molecular flexibility index (Phi) is 57.8. The number of benzene rings is 10. The fraction of sp³-hybridized carbons (Fsp3) is 0.436. The number of phenolic OH excluding ortho intramolecular Hbond substituents is 2. The molecule has 0 saturated heterocycles. The summed E-state index contributed by atoms with van der Waals surface area (Å²) in [6.07, 6.45) is 9.58. The van der Waals surface area contributed by atoms with Gasteiger partial charge in [-0.25, -0.2) is 4.79 Å². The van der Waals surface area contributed by atoms with E-state index in [1.54, 1.807) is 44.2 Å². The molecule has 15 heteroatoms. The molecule has 6 N–H and O–H groups in total. The fourth-order valence-corrected chi connectivity index (χ4v) is 13.1. The van der Waals surface area contributed by atoms with Crippen molar-refractivity contribution in [2.75, 3.05) is 12.3 Å². The van der Waals surface area contributed by atoms with E-state index in [1.807, 2.05) is 74.5 Å². The van der Waals surface area contributed by atoms with Gasteiger partial charge in [-0.05, 0) is 263 Å². The Balaban J connectivity index is 0.000000692. The molecular formula is C110H151BrClF3N2O8. The van der Waals surface area contributed by atoms with Crippen LogP contribution in [0.1, 0.15) is 238 Å². The summed E-state index contributed by atoms with van der Waals surface area (Å²) in [5, 5.41) is 46.5. The first kappa shape index (κ1) is 114. The fourth-order valence-electron chi connectivity index (χ4n) is 12.7. The number of phenols is 2. The highest BCUT2D eigenvalue weighted by Gasteiger charge is 2.30. The second-order valence-electron chi connectivity index (χ2n) is 36.7. The molecule has 0 radical (unpaired) electrons. The van der Waals surface area contributed by atoms with E-state index in [0.717, 1.165) is 106 Å². The van der Waals surface area contributed by atoms with E-state index in [1.165, 1.54) is 106 Å². The standard InChI is InChI=1S/C16H18.C11H13F3.C11H14O2.C10H13Br.C10H13Cl.C10H13NO3.C10H15N.C10H14O.C10H14.C7H14.C5H10O2/c1-13(2)12-14-8-10-16(11-9-14)15-6-4-3-5-7-15;1-8(2)6-9-4-3-5-10(7-9)11(12,13)14;1-8(2)7-9-3-5-10(6-4-9)11(12)13;2*1-8(2)7-9-3-5-10(11)6-4-9;1-7(2)5-8-3-4-9(11(13)14)10(12)6-8;2*1-8(2)6-9-4-3-5-10(11)7-9;1-9(2)8-10-6-4-3-5-7-10;1-6(2)5-7-3-4-7;1-4(2)5(7)3-6/h3-11,13H,12H2,1-2H3;3-5,7-8H,6H2,1-2H3;3-6,8H,7H2,1-2H3,(H,12,13);2*3-6,8H,7H2,1-2H3;3-4,6-7,12H,5H2,1-2H3;3-5,7-8H,6,11H2,1-2H3;3-5,7-8,11H,6H2,1-2H3;3-7,9H,8H2,1-2H3;6-7H,3-5H2,1-2H3;4,6H,3H2,1-2H3. The van der Waals surface area contributed by atoms with Crippen LogP contribution in [0.2, 0.25) is 5.02 Å². The molecule has 10 nitrogen and oxygen atoms in total. The molecule has 1 aliphatic carbocycles. The number of halogens is 5. The van der Waals surface area contributed by atoms with Gasteiger partial charge in [0.05, 0.1) is 16.1 Å². The highest BCUT2D eigenvalue weighted by Crippen LogP contribution is 2.35. The number of anilines is 1. The van der Waals surface area contributed by atoms with Gasteiger partial charge in [0.1, 0.15) is 12.4 Å². The van der Waals surface area contributed by atoms with E-state index in [4.69, 9.17) is 32.7 Å². The number of carbonyl (C=O) groups is 2. The molecule has 0 amide bonds. The molecule has 0 unspecified atom stereocenters. The highest BCUT2D eigenvalue weighted by molar-refractivity contribution is 9.10. The first-order valence-electron chi connectivity index (χ1n) is 44.6. The minimum atomic E-state index is -4.23. The van der Waals surface area contributed by atoms with Crippen molar-refractivity contribution < 1.29 is 48.1 Å². The predicted molar refractivity (Wildman–Crippen MR) is 528 cm³/mol. The lowest BCUT2D eigenvalue weighted by atomic mass is 9.99. The quantitative estimate of drug-likeness (QED) is 0.0211. The van der Waals surface area contributed by atoms with Crippen molar-refractivity contribution in [1.29, 1.82) is 0 Å². The van der Waals surface area contributed by atoms with Crippen LogP contribution in [0.4, 0.5) is 24.5 Å². The van der Waals surface area contributed by atoms with Crippen LogP contribution in [0.15, 0.2) is 253 Å². The summed E-state index contributed by atoms with van der Waals surface area (Å²) in [7, 11) is 0. The summed E-state index contributed by atoms with van der Waals surface area (Å²) in [5.74, 6) is 6.95. The lowest BCUT2D eigenvalue weighted by Gasteiger charge is -2.09. The molecule has 684 valence electrons. The first-order valence-corrected chi connectivity index (χ1v) is 45.8. The Bertz CT molecular complexity index is 4380. The molecule has 0 heterocycles. The van der Waals surface area contributed by atoms with E-state index in [2.05, 4.69) is 268 Å². The van der Waals surface area contributed by atoms with E-state index >= 15 is 0 Å². The van der Waals surface area contributed by atoms with Gasteiger partial charge in [0.15, 0.2) is 11.5 Å². The second-order valence-corrected chi connectivity index (χ2v) is 38.1. The number of hydrogen-bond acceptors (Lipinski definition) is 8. The Morgan fingerprint density at radius 1 is 0.416 bits per heavy atom. The largest absolute Gasteiger partial charge is 0.508 e. The summed E-state index contributed by atoms with van der Waals surface area (Å²) in [6.45, 7) is 46.9. The number of carbonyl (C=O) groups excluding carboxylic acids is 1. The number of nitrogens with two attached hydrogens (primary N) is 1. The van der Waals surface area contributed by atoms with Crippen molar-refractivity contribution in [3.63, 3.8) is 0 Å². The number of carboxylic acids is 1. The molecule has 0 aliphatic heterocycles. The van der Waals surface area contributed by atoms with E-state index < -0.39 is 22.6 Å². The molecule has 10 aromatic carbocycles. The number of nitrogen functional groups attached to an aromatic ring is 1. The van der Waals surface area contributed by atoms with Gasteiger partial charge in [-0.1, -0.05) is 363 Å². The van der Waals surface area contributed by atoms with Gasteiger partial charge in [-0.15, -0.1) is 0 Å². The van der Waals surface area contributed by atoms with Gasteiger partial charge in [0.25, 0.3) is 0 Å². The lowest BCUT2D eigenvalue weighted by molar-refractivity contribution is -0.385. The maximum absolute atomic E-state index is 12.3. The number of aromatic hydroxyl groups is 2. The van der Waals surface area contributed by atoms with Crippen LogP contribution in [0.25, 0.3) is 11.1 Å². The van der Waals surface area contributed by atoms with Crippen LogP contribution in [-0.2, 0) is 68.8 Å². The van der Waals surface area contributed by atoms with Gasteiger partial charge < -0.3 is 26.2 Å². The van der Waals surface area contributed by atoms with Crippen LogP contribution in [-0.4, -0.2) is 43.7 Å². The number of nitro benzene ring substituents is 1. The van der Waals surface area contributed by atoms with E-state index in [0.29, 0.717) is 47.3 Å². The SMILES string of the molecule is CC(C)C(=O)CO.CC(C)CC1CC1.CC(C)Cc1ccc(-c2ccccc2)cc1.CC(C)Cc1ccc(Br)cc1.CC(C)Cc1ccc(C(=O)O)cc1.CC(C)Cc1ccc(Cl)cc1.CC(C)Cc1ccc([N+](=O)[O-])c(O)c1.CC(C)Cc1cccc(C(F)(F)F)c1.CC(C)Cc1cccc(N)c1.CC(C)Cc1cccc(O)c1.CC(C)Cc1ccccc1. The van der Waals surface area contributed by atoms with Crippen molar-refractivity contribution in [2.24, 2.45) is 71.0 Å². The third-order valence-corrected chi connectivity index (χ3v) is 19.2. The number of nitro groups is 1. The van der Waals surface area contributed by atoms with Crippen LogP contribution >= 0.6 is 27.5 Å². The molecule has 0 bridgehead atoms. The molecule has 10 aromatic rings. The summed E-state index contributed by atoms with van der Waals surface area (Å²) in [6, 6.07) is 79.2. The smallest absolute Gasteiger partial charge is 0.416 e. The minimum Gasteiger partial charge on any atom is -0.508 e. The molecule has 0 aromatic heterocycles. The zero-order chi connectivity index (χ0) is 94.3. The molecule has 11 rings (SSSR count). The Hall–Kier alpha value is -9.34. The molecule has 0 atom stereocenters. The number of aliphatic hydroxyl groups is 1. The summed E-state index contributed by atoms with van der Waals surface area (Å²) in [5.41, 5.74) is 19.7. The third-order valence-electron chi connectivity index (χ3n) is 18.4. The normalized spacial score (nSPS) is 11.2. The predicted octanol–water partition coefficient (Wildman–Crippen LogP) is 31.3. The Labute approximate surface area is 764 Å². The van der Waals surface area contributed by atoms with Crippen LogP contribution in [0.5, 0.6) is 11.5 Å².